The number of Topliss-reactive ketones (excluding diaryl/α,β-unsaturated/α-hetero) is 1. The number of hydrogen-bond acceptors (Lipinski definition) is 8. The number of ketones is 1. The van der Waals surface area contributed by atoms with E-state index in [9.17, 15) is 23.1 Å². The molecule has 0 amide bonds. The van der Waals surface area contributed by atoms with Crippen LogP contribution in [0.25, 0.3) is 5.69 Å². The number of halogens is 4. The first-order valence-corrected chi connectivity index (χ1v) is 15.0. The number of carbonyl (C=O) groups excluding carboxylic acids is 1. The van der Waals surface area contributed by atoms with Gasteiger partial charge in [0.1, 0.15) is 42.6 Å². The zero-order valence-corrected chi connectivity index (χ0v) is 26.3. The summed E-state index contributed by atoms with van der Waals surface area (Å²) in [6, 6.07) is 12.1. The molecule has 0 saturated heterocycles. The van der Waals surface area contributed by atoms with Crippen LogP contribution in [0.15, 0.2) is 61.2 Å². The topological polar surface area (TPSA) is 98.9 Å². The summed E-state index contributed by atoms with van der Waals surface area (Å²) >= 11 is 6.32. The molecule has 0 spiro atoms. The van der Waals surface area contributed by atoms with Crippen molar-refractivity contribution in [3.8, 4) is 22.9 Å². The molecule has 0 fully saturated rings. The predicted molar refractivity (Wildman–Crippen MR) is 166 cm³/mol. The summed E-state index contributed by atoms with van der Waals surface area (Å²) < 4.78 is 59.5. The van der Waals surface area contributed by atoms with Gasteiger partial charge in [0, 0.05) is 41.4 Å². The highest BCUT2D eigenvalue weighted by molar-refractivity contribution is 6.30. The molecule has 46 heavy (non-hydrogen) atoms. The molecule has 0 radical (unpaired) electrons. The number of aromatic nitrogens is 3. The van der Waals surface area contributed by atoms with Gasteiger partial charge in [0.2, 0.25) is 0 Å². The standard InChI is InChI=1S/C33H34ClF3N4O5/c1-40(24-15-25(17-26(16-24)44-2)41-19-38-18-39-41)31(27-9-8-23(34)14-29(27)46-11-10-42)32(43)20-4-6-21-12-28(33(35,36)37)30(45-3)13-22(21)7-5-20/h8-9,12-20,31,42H,4-7,10-11H2,1-3H3. The summed E-state index contributed by atoms with van der Waals surface area (Å²) in [7, 11) is 4.53. The van der Waals surface area contributed by atoms with Crippen LogP contribution in [-0.4, -0.2) is 60.1 Å². The van der Waals surface area contributed by atoms with Gasteiger partial charge in [-0.2, -0.15) is 18.3 Å². The molecule has 1 aliphatic rings. The lowest BCUT2D eigenvalue weighted by Gasteiger charge is -2.33. The Balaban J connectivity index is 1.55. The van der Waals surface area contributed by atoms with E-state index < -0.39 is 23.7 Å². The van der Waals surface area contributed by atoms with Crippen LogP contribution in [0.3, 0.4) is 0 Å². The number of likely N-dealkylation sites (N-methyl/N-ethyl adjacent to an activating group) is 1. The summed E-state index contributed by atoms with van der Waals surface area (Å²) in [4.78, 5) is 20.5. The van der Waals surface area contributed by atoms with Gasteiger partial charge in [0.05, 0.1) is 32.1 Å². The molecule has 0 saturated carbocycles. The molecule has 9 nitrogen and oxygen atoms in total. The van der Waals surface area contributed by atoms with E-state index in [-0.39, 0.29) is 24.7 Å². The van der Waals surface area contributed by atoms with Crippen molar-refractivity contribution in [2.75, 3.05) is 39.4 Å². The minimum atomic E-state index is -4.57. The molecule has 244 valence electrons. The fourth-order valence-corrected chi connectivity index (χ4v) is 6.08. The number of nitrogens with zero attached hydrogens (tertiary/aromatic N) is 4. The normalized spacial score (nSPS) is 15.4. The lowest BCUT2D eigenvalue weighted by Crippen LogP contribution is -2.35. The second kappa shape index (κ2) is 14.0. The van der Waals surface area contributed by atoms with Gasteiger partial charge in [-0.15, -0.1) is 0 Å². The summed E-state index contributed by atoms with van der Waals surface area (Å²) in [5.74, 6) is -0.0147. The van der Waals surface area contributed by atoms with Gasteiger partial charge in [-0.1, -0.05) is 17.7 Å². The maximum Gasteiger partial charge on any atom is 0.419 e. The Morgan fingerprint density at radius 3 is 2.43 bits per heavy atom. The number of fused-ring (bicyclic) bond motifs is 1. The number of carbonyl (C=O) groups is 1. The third-order valence-electron chi connectivity index (χ3n) is 8.23. The van der Waals surface area contributed by atoms with Gasteiger partial charge in [-0.3, -0.25) is 4.79 Å². The second-order valence-electron chi connectivity index (χ2n) is 11.0. The lowest BCUT2D eigenvalue weighted by molar-refractivity contribution is -0.138. The Kier molecular flexibility index (Phi) is 10.1. The largest absolute Gasteiger partial charge is 0.497 e. The highest BCUT2D eigenvalue weighted by Crippen LogP contribution is 2.42. The maximum absolute atomic E-state index is 14.7. The van der Waals surface area contributed by atoms with Crippen molar-refractivity contribution >= 4 is 23.1 Å². The number of benzene rings is 3. The molecular formula is C33H34ClF3N4O5. The van der Waals surface area contributed by atoms with Crippen LogP contribution in [0.5, 0.6) is 17.2 Å². The molecule has 0 bridgehead atoms. The predicted octanol–water partition coefficient (Wildman–Crippen LogP) is 6.27. The van der Waals surface area contributed by atoms with Crippen LogP contribution in [0.4, 0.5) is 18.9 Å². The molecule has 2 unspecified atom stereocenters. The number of rotatable bonds is 11. The molecule has 0 aliphatic heterocycles. The minimum Gasteiger partial charge on any atom is -0.497 e. The zero-order chi connectivity index (χ0) is 33.0. The zero-order valence-electron chi connectivity index (χ0n) is 25.6. The van der Waals surface area contributed by atoms with E-state index in [0.29, 0.717) is 64.7 Å². The van der Waals surface area contributed by atoms with E-state index in [2.05, 4.69) is 10.1 Å². The van der Waals surface area contributed by atoms with Crippen LogP contribution in [0.1, 0.15) is 41.1 Å². The fraction of sp³-hybridized carbons (Fsp3) is 0.364. The van der Waals surface area contributed by atoms with E-state index in [1.807, 2.05) is 11.0 Å². The highest BCUT2D eigenvalue weighted by Gasteiger charge is 2.38. The van der Waals surface area contributed by atoms with E-state index >= 15 is 0 Å². The van der Waals surface area contributed by atoms with Gasteiger partial charge in [-0.05, 0) is 67.1 Å². The average molecular weight is 659 g/mol. The number of hydrogen-bond donors (Lipinski definition) is 1. The maximum atomic E-state index is 14.7. The summed E-state index contributed by atoms with van der Waals surface area (Å²) in [5.41, 5.74) is 2.26. The molecule has 13 heteroatoms. The van der Waals surface area contributed by atoms with Gasteiger partial charge in [-0.25, -0.2) is 9.67 Å². The van der Waals surface area contributed by atoms with E-state index in [0.717, 1.165) is 11.6 Å². The number of methoxy groups -OCH3 is 2. The molecular weight excluding hydrogens is 625 g/mol. The Morgan fingerprint density at radius 1 is 1.07 bits per heavy atom. The number of alkyl halides is 3. The molecule has 1 aliphatic carbocycles. The van der Waals surface area contributed by atoms with E-state index in [1.54, 1.807) is 48.4 Å². The third-order valence-corrected chi connectivity index (χ3v) is 8.47. The van der Waals surface area contributed by atoms with Crippen molar-refractivity contribution in [1.82, 2.24) is 14.8 Å². The Bertz CT molecular complexity index is 1680. The summed E-state index contributed by atoms with van der Waals surface area (Å²) in [5, 5.41) is 14.1. The Labute approximate surface area is 269 Å². The van der Waals surface area contributed by atoms with Crippen LogP contribution in [0, 0.1) is 5.92 Å². The average Bonchev–Trinajstić information content (AvgIpc) is 3.51. The quantitative estimate of drug-likeness (QED) is 0.188. The SMILES string of the molecule is COc1cc(N(C)C(C(=O)C2CCc3cc(OC)c(C(F)(F)F)cc3CC2)c2ccc(Cl)cc2OCCO)cc(-n2cncn2)c1. The molecule has 1 heterocycles. The Hall–Kier alpha value is -4.29. The molecule has 1 aromatic heterocycles. The first-order chi connectivity index (χ1) is 22.0. The van der Waals surface area contributed by atoms with E-state index in [1.165, 1.54) is 26.6 Å². The summed E-state index contributed by atoms with van der Waals surface area (Å²) in [6.45, 7) is -0.266. The van der Waals surface area contributed by atoms with Gasteiger partial charge in [0.15, 0.2) is 5.78 Å². The smallest absolute Gasteiger partial charge is 0.419 e. The number of anilines is 1. The van der Waals surface area contributed by atoms with Crippen molar-refractivity contribution in [2.45, 2.75) is 37.9 Å². The fourth-order valence-electron chi connectivity index (χ4n) is 5.91. The number of aliphatic hydroxyl groups is 1. The van der Waals surface area contributed by atoms with Gasteiger partial charge in [0.25, 0.3) is 0 Å². The molecule has 3 aromatic carbocycles. The van der Waals surface area contributed by atoms with Crippen molar-refractivity contribution in [3.63, 3.8) is 0 Å². The van der Waals surface area contributed by atoms with Crippen molar-refractivity contribution in [3.05, 3.63) is 88.5 Å². The van der Waals surface area contributed by atoms with Crippen molar-refractivity contribution in [2.24, 2.45) is 5.92 Å². The van der Waals surface area contributed by atoms with Crippen LogP contribution >= 0.6 is 11.6 Å². The van der Waals surface area contributed by atoms with Crippen LogP contribution in [0.2, 0.25) is 5.02 Å². The molecule has 4 aromatic rings. The third kappa shape index (κ3) is 7.07. The van der Waals surface area contributed by atoms with Gasteiger partial charge < -0.3 is 24.2 Å². The number of aryl methyl sites for hydroxylation is 2. The molecule has 2 atom stereocenters. The van der Waals surface area contributed by atoms with Crippen molar-refractivity contribution in [1.29, 1.82) is 0 Å². The monoisotopic (exact) mass is 658 g/mol. The van der Waals surface area contributed by atoms with E-state index in [4.69, 9.17) is 25.8 Å². The van der Waals surface area contributed by atoms with Crippen LogP contribution in [-0.2, 0) is 23.8 Å². The molecule has 1 N–H and O–H groups in total. The summed E-state index contributed by atoms with van der Waals surface area (Å²) in [6.07, 6.45) is -0.151. The first kappa shape index (κ1) is 33.1. The molecule has 5 rings (SSSR count). The number of aliphatic hydroxyl groups excluding tert-OH is 1. The number of ether oxygens (including phenoxy) is 3. The second-order valence-corrected chi connectivity index (χ2v) is 11.4. The lowest BCUT2D eigenvalue weighted by atomic mass is 9.86. The first-order valence-electron chi connectivity index (χ1n) is 14.6. The van der Waals surface area contributed by atoms with Gasteiger partial charge >= 0.3 is 6.18 Å². The Morgan fingerprint density at radius 2 is 1.80 bits per heavy atom. The highest BCUT2D eigenvalue weighted by atomic mass is 35.5. The van der Waals surface area contributed by atoms with Crippen LogP contribution < -0.4 is 19.1 Å². The minimum absolute atomic E-state index is 0.0182. The van der Waals surface area contributed by atoms with Crippen molar-refractivity contribution < 1.29 is 37.3 Å².